The van der Waals surface area contributed by atoms with E-state index < -0.39 is 6.04 Å². The summed E-state index contributed by atoms with van der Waals surface area (Å²) in [4.78, 5) is 11.6. The van der Waals surface area contributed by atoms with Gasteiger partial charge >= 0.3 is 0 Å². The fourth-order valence-corrected chi connectivity index (χ4v) is 1.94. The summed E-state index contributed by atoms with van der Waals surface area (Å²) in [5.41, 5.74) is 5.75. The van der Waals surface area contributed by atoms with Gasteiger partial charge in [0.05, 0.1) is 6.04 Å². The number of rotatable bonds is 5. The van der Waals surface area contributed by atoms with Gasteiger partial charge in [0.15, 0.2) is 0 Å². The summed E-state index contributed by atoms with van der Waals surface area (Å²) in [5, 5.41) is 11.9. The Bertz CT molecular complexity index is 350. The van der Waals surface area contributed by atoms with E-state index in [4.69, 9.17) is 5.73 Å². The number of nitrogens with zero attached hydrogens (tertiary/aromatic N) is 2. The molecule has 1 atom stereocenters. The van der Waals surface area contributed by atoms with Crippen molar-refractivity contribution in [2.45, 2.75) is 39.7 Å². The molecule has 0 saturated carbocycles. The first-order valence-corrected chi connectivity index (χ1v) is 6.23. The molecule has 1 heterocycles. The quantitative estimate of drug-likeness (QED) is 0.818. The second kappa shape index (κ2) is 5.91. The number of aromatic nitrogens is 2. The van der Waals surface area contributed by atoms with Crippen LogP contribution >= 0.6 is 11.3 Å². The van der Waals surface area contributed by atoms with Gasteiger partial charge in [-0.1, -0.05) is 32.1 Å². The van der Waals surface area contributed by atoms with Crippen LogP contribution in [0.3, 0.4) is 0 Å². The van der Waals surface area contributed by atoms with E-state index in [1.165, 1.54) is 11.3 Å². The fourth-order valence-electron chi connectivity index (χ4n) is 1.26. The molecule has 1 amide bonds. The minimum absolute atomic E-state index is 0.187. The molecule has 0 bridgehead atoms. The summed E-state index contributed by atoms with van der Waals surface area (Å²) in [6.45, 7) is 6.07. The maximum absolute atomic E-state index is 11.6. The Kier molecular flexibility index (Phi) is 4.82. The lowest BCUT2D eigenvalue weighted by atomic mass is 10.0. The summed E-state index contributed by atoms with van der Waals surface area (Å²) in [6.07, 6.45) is 1.50. The molecule has 0 aromatic carbocycles. The highest BCUT2D eigenvalue weighted by molar-refractivity contribution is 7.15. The molecule has 6 heteroatoms. The molecule has 0 saturated heterocycles. The average Bonchev–Trinajstić information content (AvgIpc) is 2.64. The zero-order valence-corrected chi connectivity index (χ0v) is 10.7. The minimum atomic E-state index is -0.478. The number of amides is 1. The van der Waals surface area contributed by atoms with Crippen molar-refractivity contribution >= 4 is 22.4 Å². The van der Waals surface area contributed by atoms with E-state index in [9.17, 15) is 4.79 Å². The summed E-state index contributed by atoms with van der Waals surface area (Å²) in [5.74, 6) is 0.217. The van der Waals surface area contributed by atoms with Crippen LogP contribution in [-0.2, 0) is 11.2 Å². The van der Waals surface area contributed by atoms with E-state index in [2.05, 4.69) is 15.5 Å². The molecule has 16 heavy (non-hydrogen) atoms. The molecule has 0 fully saturated rings. The number of carbonyl (C=O) groups is 1. The van der Waals surface area contributed by atoms with Gasteiger partial charge in [0.25, 0.3) is 0 Å². The molecule has 0 aliphatic carbocycles. The minimum Gasteiger partial charge on any atom is -0.320 e. The monoisotopic (exact) mass is 242 g/mol. The summed E-state index contributed by atoms with van der Waals surface area (Å²) in [6, 6.07) is -0.478. The maximum Gasteiger partial charge on any atom is 0.243 e. The Morgan fingerprint density at radius 3 is 2.69 bits per heavy atom. The fraction of sp³-hybridized carbons (Fsp3) is 0.700. The van der Waals surface area contributed by atoms with Crippen molar-refractivity contribution < 1.29 is 4.79 Å². The lowest BCUT2D eigenvalue weighted by Gasteiger charge is -2.12. The highest BCUT2D eigenvalue weighted by Crippen LogP contribution is 2.16. The zero-order valence-electron chi connectivity index (χ0n) is 9.86. The van der Waals surface area contributed by atoms with E-state index in [1.807, 2.05) is 20.8 Å². The molecule has 0 radical (unpaired) electrons. The van der Waals surface area contributed by atoms with Crippen LogP contribution in [0.15, 0.2) is 0 Å². The van der Waals surface area contributed by atoms with Gasteiger partial charge in [0.1, 0.15) is 5.01 Å². The van der Waals surface area contributed by atoms with Crippen LogP contribution in [0.25, 0.3) is 0 Å². The normalized spacial score (nSPS) is 12.8. The molecule has 5 nitrogen and oxygen atoms in total. The Morgan fingerprint density at radius 2 is 2.19 bits per heavy atom. The molecule has 0 aliphatic rings. The Balaban J connectivity index is 2.50. The van der Waals surface area contributed by atoms with E-state index in [-0.39, 0.29) is 5.91 Å². The molecule has 0 spiro atoms. The largest absolute Gasteiger partial charge is 0.320 e. The highest BCUT2D eigenvalue weighted by Gasteiger charge is 2.16. The van der Waals surface area contributed by atoms with E-state index >= 15 is 0 Å². The number of nitrogens with one attached hydrogen (secondary N) is 1. The van der Waals surface area contributed by atoms with Gasteiger partial charge in [0.2, 0.25) is 11.0 Å². The Labute approximate surface area is 99.5 Å². The molecule has 1 rings (SSSR count). The van der Waals surface area contributed by atoms with Gasteiger partial charge in [-0.3, -0.25) is 10.1 Å². The number of hydrogen-bond acceptors (Lipinski definition) is 5. The Hall–Kier alpha value is -1.01. The molecular formula is C10H18N4OS. The van der Waals surface area contributed by atoms with Gasteiger partial charge in [0, 0.05) is 0 Å². The number of hydrogen-bond donors (Lipinski definition) is 2. The summed E-state index contributed by atoms with van der Waals surface area (Å²) < 4.78 is 0. The first-order chi connectivity index (χ1) is 7.52. The lowest BCUT2D eigenvalue weighted by Crippen LogP contribution is -2.36. The number of anilines is 1. The first-order valence-electron chi connectivity index (χ1n) is 5.41. The van der Waals surface area contributed by atoms with Crippen molar-refractivity contribution in [2.24, 2.45) is 11.7 Å². The van der Waals surface area contributed by atoms with Crippen molar-refractivity contribution in [3.63, 3.8) is 0 Å². The van der Waals surface area contributed by atoms with E-state index in [1.54, 1.807) is 0 Å². The average molecular weight is 242 g/mol. The van der Waals surface area contributed by atoms with Crippen LogP contribution < -0.4 is 11.1 Å². The van der Waals surface area contributed by atoms with Gasteiger partial charge < -0.3 is 5.73 Å². The molecule has 90 valence electrons. The van der Waals surface area contributed by atoms with Gasteiger partial charge in [-0.15, -0.1) is 10.2 Å². The zero-order chi connectivity index (χ0) is 12.1. The van der Waals surface area contributed by atoms with Crippen LogP contribution in [0.1, 0.15) is 32.2 Å². The van der Waals surface area contributed by atoms with Crippen LogP contribution in [-0.4, -0.2) is 22.1 Å². The smallest absolute Gasteiger partial charge is 0.243 e. The van der Waals surface area contributed by atoms with Gasteiger partial charge in [-0.25, -0.2) is 0 Å². The first kappa shape index (κ1) is 13.1. The van der Waals surface area contributed by atoms with Crippen LogP contribution in [0, 0.1) is 5.92 Å². The topological polar surface area (TPSA) is 80.9 Å². The van der Waals surface area contributed by atoms with E-state index in [0.717, 1.165) is 11.4 Å². The van der Waals surface area contributed by atoms with Crippen LogP contribution in [0.5, 0.6) is 0 Å². The predicted molar refractivity (Wildman–Crippen MR) is 65.3 cm³/mol. The lowest BCUT2D eigenvalue weighted by molar-refractivity contribution is -0.117. The molecule has 0 unspecified atom stereocenters. The molecule has 1 aromatic rings. The third-order valence-corrected chi connectivity index (χ3v) is 3.04. The number of nitrogens with two attached hydrogens (primary N) is 1. The van der Waals surface area contributed by atoms with Crippen LogP contribution in [0.4, 0.5) is 5.13 Å². The molecule has 3 N–H and O–H groups in total. The van der Waals surface area contributed by atoms with Crippen molar-refractivity contribution in [3.05, 3.63) is 5.01 Å². The standard InChI is InChI=1S/C10H18N4OS/c1-4-8-13-14-10(16-8)12-9(15)7(11)5-6(2)3/h6-7H,4-5,11H2,1-3H3,(H,12,14,15)/t7-/m0/s1. The van der Waals surface area contributed by atoms with Crippen molar-refractivity contribution in [1.82, 2.24) is 10.2 Å². The molecule has 0 aliphatic heterocycles. The number of aryl methyl sites for hydroxylation is 1. The van der Waals surface area contributed by atoms with Gasteiger partial charge in [-0.2, -0.15) is 0 Å². The molecule has 1 aromatic heterocycles. The second-order valence-electron chi connectivity index (χ2n) is 4.08. The van der Waals surface area contributed by atoms with E-state index in [0.29, 0.717) is 17.5 Å². The third kappa shape index (κ3) is 3.86. The SMILES string of the molecule is CCc1nnc(NC(=O)[C@@H](N)CC(C)C)s1. The third-order valence-electron chi connectivity index (χ3n) is 2.06. The van der Waals surface area contributed by atoms with Crippen LogP contribution in [0.2, 0.25) is 0 Å². The summed E-state index contributed by atoms with van der Waals surface area (Å²) in [7, 11) is 0. The second-order valence-corrected chi connectivity index (χ2v) is 5.14. The van der Waals surface area contributed by atoms with Crippen molar-refractivity contribution in [2.75, 3.05) is 5.32 Å². The van der Waals surface area contributed by atoms with Crippen molar-refractivity contribution in [3.8, 4) is 0 Å². The predicted octanol–water partition coefficient (Wildman–Crippen LogP) is 1.41. The highest BCUT2D eigenvalue weighted by atomic mass is 32.1. The van der Waals surface area contributed by atoms with Crippen molar-refractivity contribution in [1.29, 1.82) is 0 Å². The Morgan fingerprint density at radius 1 is 1.50 bits per heavy atom. The van der Waals surface area contributed by atoms with Gasteiger partial charge in [-0.05, 0) is 18.8 Å². The number of carbonyl (C=O) groups excluding carboxylic acids is 1. The molecular weight excluding hydrogens is 224 g/mol. The maximum atomic E-state index is 11.6. The summed E-state index contributed by atoms with van der Waals surface area (Å²) >= 11 is 1.39.